The lowest BCUT2D eigenvalue weighted by Crippen LogP contribution is -2.41. The van der Waals surface area contributed by atoms with E-state index in [9.17, 15) is 9.59 Å². The van der Waals surface area contributed by atoms with E-state index in [0.29, 0.717) is 18.5 Å². The summed E-state index contributed by atoms with van der Waals surface area (Å²) in [6.07, 6.45) is 17.8. The number of nitrogens with one attached hydrogen (secondary N) is 3. The lowest BCUT2D eigenvalue weighted by molar-refractivity contribution is -0.126. The average molecular weight is 447 g/mol. The number of hydrogen-bond donors (Lipinski definition) is 3. The number of carbonyl (C=O) groups is 2. The van der Waals surface area contributed by atoms with Crippen LogP contribution in [0.2, 0.25) is 0 Å². The molecule has 3 amide bonds. The van der Waals surface area contributed by atoms with Gasteiger partial charge in [0.15, 0.2) is 0 Å². The van der Waals surface area contributed by atoms with Crippen molar-refractivity contribution in [1.29, 1.82) is 0 Å². The van der Waals surface area contributed by atoms with E-state index in [1.165, 1.54) is 24.8 Å². The molecule has 1 aromatic carbocycles. The molecule has 2 heterocycles. The Kier molecular flexibility index (Phi) is 6.51. The molecule has 0 aromatic heterocycles. The van der Waals surface area contributed by atoms with E-state index in [0.717, 1.165) is 55.4 Å². The maximum absolute atomic E-state index is 12.6. The molecule has 3 N–H and O–H groups in total. The molecule has 1 aromatic rings. The number of urea groups is 1. The SMILES string of the molecule is O=C(N[C@H]1CC[C@@H](c2ccc(NC(=O)N3C=C4C=CNC=C4C3)cc2)CC1)C1CCCCC1. The zero-order valence-corrected chi connectivity index (χ0v) is 19.2. The molecule has 2 aliphatic heterocycles. The monoisotopic (exact) mass is 446 g/mol. The van der Waals surface area contributed by atoms with Crippen molar-refractivity contribution in [3.63, 3.8) is 0 Å². The molecule has 0 bridgehead atoms. The minimum atomic E-state index is -0.117. The van der Waals surface area contributed by atoms with E-state index in [1.54, 1.807) is 4.90 Å². The molecule has 2 fully saturated rings. The smallest absolute Gasteiger partial charge is 0.326 e. The predicted molar refractivity (Wildman–Crippen MR) is 130 cm³/mol. The number of amides is 3. The van der Waals surface area contributed by atoms with Gasteiger partial charge in [-0.05, 0) is 79.4 Å². The summed E-state index contributed by atoms with van der Waals surface area (Å²) in [4.78, 5) is 26.9. The third-order valence-corrected chi connectivity index (χ3v) is 7.57. The van der Waals surface area contributed by atoms with Crippen molar-refractivity contribution in [2.45, 2.75) is 69.7 Å². The van der Waals surface area contributed by atoms with E-state index >= 15 is 0 Å². The molecule has 5 rings (SSSR count). The van der Waals surface area contributed by atoms with E-state index in [-0.39, 0.29) is 17.9 Å². The van der Waals surface area contributed by atoms with Crippen molar-refractivity contribution in [2.75, 3.05) is 11.9 Å². The summed E-state index contributed by atoms with van der Waals surface area (Å²) >= 11 is 0. The highest BCUT2D eigenvalue weighted by Crippen LogP contribution is 2.34. The van der Waals surface area contributed by atoms with Crippen molar-refractivity contribution >= 4 is 17.6 Å². The van der Waals surface area contributed by atoms with Gasteiger partial charge in [0.05, 0.1) is 6.54 Å². The van der Waals surface area contributed by atoms with Gasteiger partial charge >= 0.3 is 6.03 Å². The van der Waals surface area contributed by atoms with Crippen LogP contribution in [0.15, 0.2) is 60.1 Å². The first-order valence-electron chi connectivity index (χ1n) is 12.5. The van der Waals surface area contributed by atoms with Crippen LogP contribution >= 0.6 is 0 Å². The minimum absolute atomic E-state index is 0.117. The number of fused-ring (bicyclic) bond motifs is 1. The molecule has 4 aliphatic rings. The highest BCUT2D eigenvalue weighted by Gasteiger charge is 2.27. The normalized spacial score (nSPS) is 24.9. The number of benzene rings is 1. The van der Waals surface area contributed by atoms with Crippen molar-refractivity contribution in [3.05, 3.63) is 65.7 Å². The molecule has 6 nitrogen and oxygen atoms in total. The summed E-state index contributed by atoms with van der Waals surface area (Å²) < 4.78 is 0. The minimum Gasteiger partial charge on any atom is -0.367 e. The Balaban J connectivity index is 1.09. The van der Waals surface area contributed by atoms with Crippen molar-refractivity contribution < 1.29 is 9.59 Å². The standard InChI is InChI=1S/C27H34N4O2/c32-26(21-4-2-1-3-5-21)29-24-10-6-19(7-11-24)20-8-12-25(13-9-20)30-27(33)31-17-22-14-15-28-16-23(22)18-31/h8-9,12-17,19,21,24,28H,1-7,10-11,18H2,(H,29,32)(H,30,33)/t19-,24+. The average Bonchev–Trinajstić information content (AvgIpc) is 3.30. The van der Waals surface area contributed by atoms with Crippen LogP contribution in [0.5, 0.6) is 0 Å². The molecule has 33 heavy (non-hydrogen) atoms. The number of rotatable bonds is 4. The first kappa shape index (κ1) is 21.8. The van der Waals surface area contributed by atoms with E-state index < -0.39 is 0 Å². The molecule has 2 saturated carbocycles. The summed E-state index contributed by atoms with van der Waals surface area (Å²) in [5.41, 5.74) is 4.33. The van der Waals surface area contributed by atoms with Gasteiger partial charge in [-0.2, -0.15) is 0 Å². The van der Waals surface area contributed by atoms with Gasteiger partial charge in [-0.15, -0.1) is 0 Å². The van der Waals surface area contributed by atoms with Crippen LogP contribution in [0.1, 0.15) is 69.3 Å². The summed E-state index contributed by atoms with van der Waals surface area (Å²) in [6, 6.07) is 8.49. The summed E-state index contributed by atoms with van der Waals surface area (Å²) in [5.74, 6) is 1.05. The first-order chi connectivity index (χ1) is 16.2. The van der Waals surface area contributed by atoms with Crippen LogP contribution in [0.3, 0.4) is 0 Å². The lowest BCUT2D eigenvalue weighted by atomic mass is 9.81. The van der Waals surface area contributed by atoms with Gasteiger partial charge in [0, 0.05) is 36.2 Å². The Morgan fingerprint density at radius 3 is 2.42 bits per heavy atom. The van der Waals surface area contributed by atoms with Crippen molar-refractivity contribution in [2.24, 2.45) is 5.92 Å². The molecule has 0 radical (unpaired) electrons. The Morgan fingerprint density at radius 1 is 0.939 bits per heavy atom. The second-order valence-corrected chi connectivity index (χ2v) is 9.83. The van der Waals surface area contributed by atoms with Gasteiger partial charge < -0.3 is 16.0 Å². The van der Waals surface area contributed by atoms with Crippen molar-refractivity contribution in [3.8, 4) is 0 Å². The third-order valence-electron chi connectivity index (χ3n) is 7.57. The number of hydrogen-bond acceptors (Lipinski definition) is 3. The van der Waals surface area contributed by atoms with Gasteiger partial charge in [0.2, 0.25) is 5.91 Å². The molecule has 174 valence electrons. The lowest BCUT2D eigenvalue weighted by Gasteiger charge is -2.31. The summed E-state index contributed by atoms with van der Waals surface area (Å²) in [5, 5.41) is 9.40. The topological polar surface area (TPSA) is 73.5 Å². The van der Waals surface area contributed by atoms with Crippen LogP contribution in [0.25, 0.3) is 0 Å². The highest BCUT2D eigenvalue weighted by molar-refractivity contribution is 5.91. The summed E-state index contributed by atoms with van der Waals surface area (Å²) in [6.45, 7) is 0.580. The van der Waals surface area contributed by atoms with Gasteiger partial charge in [-0.1, -0.05) is 31.4 Å². The molecule has 0 saturated heterocycles. The maximum Gasteiger partial charge on any atom is 0.326 e. The van der Waals surface area contributed by atoms with E-state index in [2.05, 4.69) is 28.1 Å². The zero-order chi connectivity index (χ0) is 22.6. The van der Waals surface area contributed by atoms with Crippen LogP contribution < -0.4 is 16.0 Å². The Hall–Kier alpha value is -3.02. The fourth-order valence-corrected chi connectivity index (χ4v) is 5.56. The molecule has 0 atom stereocenters. The van der Waals surface area contributed by atoms with Gasteiger partial charge in [0.25, 0.3) is 0 Å². The molecule has 6 heteroatoms. The maximum atomic E-state index is 12.6. The number of dihydropyridines is 1. The van der Waals surface area contributed by atoms with Crippen LogP contribution in [-0.2, 0) is 4.79 Å². The van der Waals surface area contributed by atoms with Crippen LogP contribution in [0.4, 0.5) is 10.5 Å². The number of carbonyl (C=O) groups excluding carboxylic acids is 2. The van der Waals surface area contributed by atoms with Crippen LogP contribution in [-0.4, -0.2) is 29.4 Å². The second kappa shape index (κ2) is 9.86. The molecule has 0 unspecified atom stereocenters. The molecule has 0 spiro atoms. The quantitative estimate of drug-likeness (QED) is 0.599. The van der Waals surface area contributed by atoms with Gasteiger partial charge in [0.1, 0.15) is 0 Å². The molecular weight excluding hydrogens is 412 g/mol. The first-order valence-corrected chi connectivity index (χ1v) is 12.5. The predicted octanol–water partition coefficient (Wildman–Crippen LogP) is 5.14. The number of anilines is 1. The fraction of sp³-hybridized carbons (Fsp3) is 0.481. The number of allylic oxidation sites excluding steroid dienone is 1. The van der Waals surface area contributed by atoms with E-state index in [1.807, 2.05) is 36.8 Å². The van der Waals surface area contributed by atoms with Gasteiger partial charge in [-0.3, -0.25) is 9.69 Å². The summed E-state index contributed by atoms with van der Waals surface area (Å²) in [7, 11) is 0. The van der Waals surface area contributed by atoms with Crippen molar-refractivity contribution in [1.82, 2.24) is 15.5 Å². The highest BCUT2D eigenvalue weighted by atomic mass is 16.2. The molecular formula is C27H34N4O2. The fourth-order valence-electron chi connectivity index (χ4n) is 5.56. The van der Waals surface area contributed by atoms with Gasteiger partial charge in [-0.25, -0.2) is 4.79 Å². The third kappa shape index (κ3) is 5.15. The van der Waals surface area contributed by atoms with E-state index in [4.69, 9.17) is 0 Å². The molecule has 2 aliphatic carbocycles. The Morgan fingerprint density at radius 2 is 1.70 bits per heavy atom. The Bertz CT molecular complexity index is 964. The zero-order valence-electron chi connectivity index (χ0n) is 19.2. The number of nitrogens with zero attached hydrogens (tertiary/aromatic N) is 1. The largest absolute Gasteiger partial charge is 0.367 e. The Labute approximate surface area is 196 Å². The second-order valence-electron chi connectivity index (χ2n) is 9.83. The van der Waals surface area contributed by atoms with Crippen LogP contribution in [0, 0.1) is 5.92 Å².